The minimum absolute atomic E-state index is 0.119. The second-order valence-electron chi connectivity index (χ2n) is 6.38. The molecule has 1 aromatic heterocycles. The van der Waals surface area contributed by atoms with Crippen LogP contribution in [0, 0.1) is 6.92 Å². The van der Waals surface area contributed by atoms with Gasteiger partial charge < -0.3 is 10.4 Å². The number of halogens is 1. The fourth-order valence-electron chi connectivity index (χ4n) is 3.18. The van der Waals surface area contributed by atoms with E-state index >= 15 is 0 Å². The zero-order valence-electron chi connectivity index (χ0n) is 13.5. The number of hydrogen-bond donors (Lipinski definition) is 2. The van der Waals surface area contributed by atoms with E-state index in [-0.39, 0.29) is 6.10 Å². The van der Waals surface area contributed by atoms with Gasteiger partial charge in [-0.05, 0) is 38.2 Å². The molecule has 2 N–H and O–H groups in total. The largest absolute Gasteiger partial charge is 0.393 e. The van der Waals surface area contributed by atoms with Crippen LogP contribution < -0.4 is 5.32 Å². The molecule has 4 nitrogen and oxygen atoms in total. The van der Waals surface area contributed by atoms with E-state index in [1.807, 2.05) is 29.8 Å². The van der Waals surface area contributed by atoms with Gasteiger partial charge >= 0.3 is 0 Å². The first-order valence-corrected chi connectivity index (χ1v) is 8.68. The molecule has 1 heterocycles. The Balaban J connectivity index is 1.64. The van der Waals surface area contributed by atoms with Gasteiger partial charge in [-0.15, -0.1) is 0 Å². The molecular formula is C18H24ClN3O. The maximum Gasteiger partial charge on any atom is 0.132 e. The Morgan fingerprint density at radius 2 is 1.91 bits per heavy atom. The summed E-state index contributed by atoms with van der Waals surface area (Å²) in [7, 11) is 0. The molecular weight excluding hydrogens is 310 g/mol. The van der Waals surface area contributed by atoms with Crippen LogP contribution in [-0.2, 0) is 13.1 Å². The van der Waals surface area contributed by atoms with Gasteiger partial charge in [0, 0.05) is 18.2 Å². The van der Waals surface area contributed by atoms with Crippen molar-refractivity contribution >= 4 is 11.6 Å². The summed E-state index contributed by atoms with van der Waals surface area (Å²) in [4.78, 5) is 0. The lowest BCUT2D eigenvalue weighted by Crippen LogP contribution is -2.34. The second kappa shape index (κ2) is 7.47. The van der Waals surface area contributed by atoms with Gasteiger partial charge in [-0.3, -0.25) is 0 Å². The second-order valence-corrected chi connectivity index (χ2v) is 6.74. The summed E-state index contributed by atoms with van der Waals surface area (Å²) in [5.41, 5.74) is 3.25. The quantitative estimate of drug-likeness (QED) is 0.882. The lowest BCUT2D eigenvalue weighted by atomic mass is 9.93. The summed E-state index contributed by atoms with van der Waals surface area (Å²) >= 11 is 6.54. The third kappa shape index (κ3) is 4.14. The van der Waals surface area contributed by atoms with E-state index in [0.29, 0.717) is 12.6 Å². The molecule has 3 rings (SSSR count). The summed E-state index contributed by atoms with van der Waals surface area (Å²) in [6.07, 6.45) is 3.70. The van der Waals surface area contributed by atoms with Crippen molar-refractivity contribution in [2.45, 2.75) is 57.8 Å². The maximum absolute atomic E-state index is 9.58. The van der Waals surface area contributed by atoms with E-state index in [0.717, 1.165) is 48.6 Å². The minimum atomic E-state index is -0.119. The van der Waals surface area contributed by atoms with Crippen LogP contribution in [-0.4, -0.2) is 27.0 Å². The van der Waals surface area contributed by atoms with Crippen LogP contribution in [0.15, 0.2) is 30.3 Å². The molecule has 0 amide bonds. The molecule has 124 valence electrons. The highest BCUT2D eigenvalue weighted by molar-refractivity contribution is 6.30. The van der Waals surface area contributed by atoms with Gasteiger partial charge in [-0.1, -0.05) is 41.9 Å². The monoisotopic (exact) mass is 333 g/mol. The Morgan fingerprint density at radius 1 is 1.22 bits per heavy atom. The molecule has 0 spiro atoms. The summed E-state index contributed by atoms with van der Waals surface area (Å²) in [6, 6.07) is 10.7. The third-order valence-electron chi connectivity index (χ3n) is 4.62. The van der Waals surface area contributed by atoms with Crippen molar-refractivity contribution in [2.75, 3.05) is 0 Å². The van der Waals surface area contributed by atoms with Gasteiger partial charge in [0.1, 0.15) is 5.15 Å². The summed E-state index contributed by atoms with van der Waals surface area (Å²) in [5.74, 6) is 0. The van der Waals surface area contributed by atoms with Crippen molar-refractivity contribution in [3.8, 4) is 0 Å². The van der Waals surface area contributed by atoms with E-state index in [2.05, 4.69) is 22.5 Å². The number of benzene rings is 1. The van der Waals surface area contributed by atoms with Crippen molar-refractivity contribution < 1.29 is 5.11 Å². The molecule has 0 unspecified atom stereocenters. The van der Waals surface area contributed by atoms with Crippen molar-refractivity contribution in [1.82, 2.24) is 15.1 Å². The Kier molecular flexibility index (Phi) is 5.36. The molecule has 23 heavy (non-hydrogen) atoms. The number of aliphatic hydroxyl groups excluding tert-OH is 1. The molecule has 0 aliphatic heterocycles. The Labute approximate surface area is 142 Å². The molecule has 0 radical (unpaired) electrons. The summed E-state index contributed by atoms with van der Waals surface area (Å²) < 4.78 is 1.87. The van der Waals surface area contributed by atoms with Gasteiger partial charge in [0.25, 0.3) is 0 Å². The Morgan fingerprint density at radius 3 is 2.61 bits per heavy atom. The molecule has 1 aromatic carbocycles. The predicted octanol–water partition coefficient (Wildman–Crippen LogP) is 3.29. The van der Waals surface area contributed by atoms with E-state index in [1.54, 1.807) is 0 Å². The molecule has 5 heteroatoms. The van der Waals surface area contributed by atoms with Crippen LogP contribution in [0.2, 0.25) is 5.15 Å². The highest BCUT2D eigenvalue weighted by Crippen LogP contribution is 2.23. The fourth-order valence-corrected chi connectivity index (χ4v) is 3.48. The highest BCUT2D eigenvalue weighted by Gasteiger charge is 2.20. The Bertz CT molecular complexity index is 633. The topological polar surface area (TPSA) is 50.1 Å². The zero-order chi connectivity index (χ0) is 16.2. The van der Waals surface area contributed by atoms with Crippen LogP contribution in [0.5, 0.6) is 0 Å². The van der Waals surface area contributed by atoms with Gasteiger partial charge in [0.2, 0.25) is 0 Å². The first-order valence-electron chi connectivity index (χ1n) is 8.30. The van der Waals surface area contributed by atoms with Crippen molar-refractivity contribution in [1.29, 1.82) is 0 Å². The van der Waals surface area contributed by atoms with Crippen LogP contribution in [0.1, 0.15) is 42.5 Å². The average Bonchev–Trinajstić information content (AvgIpc) is 2.82. The Hall–Kier alpha value is -1.36. The SMILES string of the molecule is Cc1nn(Cc2ccccc2)c(Cl)c1CNC1CCC(O)CC1. The number of aromatic nitrogens is 2. The molecule has 2 aromatic rings. The van der Waals surface area contributed by atoms with E-state index in [1.165, 1.54) is 5.56 Å². The molecule has 0 saturated heterocycles. The van der Waals surface area contributed by atoms with Crippen molar-refractivity contribution in [2.24, 2.45) is 0 Å². The molecule has 1 saturated carbocycles. The number of nitrogens with zero attached hydrogens (tertiary/aromatic N) is 2. The predicted molar refractivity (Wildman–Crippen MR) is 92.6 cm³/mol. The van der Waals surface area contributed by atoms with E-state index < -0.39 is 0 Å². The van der Waals surface area contributed by atoms with E-state index in [4.69, 9.17) is 11.6 Å². The standard InChI is InChI=1S/C18H24ClN3O/c1-13-17(11-20-15-7-9-16(23)10-8-15)18(19)22(21-13)12-14-5-3-2-4-6-14/h2-6,15-16,20,23H,7-12H2,1H3. The van der Waals surface area contributed by atoms with Crippen LogP contribution in [0.3, 0.4) is 0 Å². The lowest BCUT2D eigenvalue weighted by Gasteiger charge is -2.26. The number of hydrogen-bond acceptors (Lipinski definition) is 3. The number of aryl methyl sites for hydroxylation is 1. The van der Waals surface area contributed by atoms with Crippen LogP contribution in [0.4, 0.5) is 0 Å². The molecule has 0 atom stereocenters. The van der Waals surface area contributed by atoms with Crippen LogP contribution >= 0.6 is 11.6 Å². The number of aliphatic hydroxyl groups is 1. The van der Waals surface area contributed by atoms with Gasteiger partial charge in [0.05, 0.1) is 18.3 Å². The van der Waals surface area contributed by atoms with Gasteiger partial charge in [0.15, 0.2) is 0 Å². The summed E-state index contributed by atoms with van der Waals surface area (Å²) in [5, 5.41) is 18.5. The minimum Gasteiger partial charge on any atom is -0.393 e. The first kappa shape index (κ1) is 16.5. The van der Waals surface area contributed by atoms with E-state index in [9.17, 15) is 5.11 Å². The maximum atomic E-state index is 9.58. The molecule has 0 bridgehead atoms. The smallest absolute Gasteiger partial charge is 0.132 e. The fraction of sp³-hybridized carbons (Fsp3) is 0.500. The third-order valence-corrected chi connectivity index (χ3v) is 5.05. The normalized spacial score (nSPS) is 21.5. The number of nitrogens with one attached hydrogen (secondary N) is 1. The molecule has 1 aliphatic carbocycles. The van der Waals surface area contributed by atoms with Crippen molar-refractivity contribution in [3.63, 3.8) is 0 Å². The molecule has 1 fully saturated rings. The first-order chi connectivity index (χ1) is 11.1. The summed E-state index contributed by atoms with van der Waals surface area (Å²) in [6.45, 7) is 3.44. The van der Waals surface area contributed by atoms with Crippen LogP contribution in [0.25, 0.3) is 0 Å². The van der Waals surface area contributed by atoms with Gasteiger partial charge in [-0.2, -0.15) is 5.10 Å². The zero-order valence-corrected chi connectivity index (χ0v) is 14.3. The van der Waals surface area contributed by atoms with Crippen molar-refractivity contribution in [3.05, 3.63) is 52.3 Å². The lowest BCUT2D eigenvalue weighted by molar-refractivity contribution is 0.116. The highest BCUT2D eigenvalue weighted by atomic mass is 35.5. The molecule has 1 aliphatic rings. The average molecular weight is 334 g/mol. The van der Waals surface area contributed by atoms with Gasteiger partial charge in [-0.25, -0.2) is 4.68 Å². The number of rotatable bonds is 5.